The van der Waals surface area contributed by atoms with Crippen LogP contribution in [-0.2, 0) is 10.0 Å². The van der Waals surface area contributed by atoms with Gasteiger partial charge in [-0.3, -0.25) is 0 Å². The molecule has 0 fully saturated rings. The molecule has 0 aliphatic rings. The first-order chi connectivity index (χ1) is 9.90. The molecule has 0 aliphatic carbocycles. The summed E-state index contributed by atoms with van der Waals surface area (Å²) in [6, 6.07) is 13.6. The Morgan fingerprint density at radius 3 is 2.48 bits per heavy atom. The van der Waals surface area contributed by atoms with Gasteiger partial charge in [-0.05, 0) is 36.2 Å². The molecule has 2 aromatic carbocycles. The highest BCUT2D eigenvalue weighted by molar-refractivity contribution is 7.89. The summed E-state index contributed by atoms with van der Waals surface area (Å²) in [5, 5.41) is 0.507. The van der Waals surface area contributed by atoms with E-state index >= 15 is 0 Å². The largest absolute Gasteiger partial charge is 0.323 e. The van der Waals surface area contributed by atoms with Gasteiger partial charge in [0.1, 0.15) is 0 Å². The van der Waals surface area contributed by atoms with Gasteiger partial charge >= 0.3 is 0 Å². The van der Waals surface area contributed by atoms with Crippen LogP contribution in [0.5, 0.6) is 0 Å². The summed E-state index contributed by atoms with van der Waals surface area (Å²) in [4.78, 5) is 0.215. The van der Waals surface area contributed by atoms with E-state index in [1.54, 1.807) is 19.1 Å². The van der Waals surface area contributed by atoms with Crippen molar-refractivity contribution >= 4 is 21.6 Å². The third-order valence-corrected chi connectivity index (χ3v) is 4.97. The Hall–Kier alpha value is -1.40. The van der Waals surface area contributed by atoms with Crippen LogP contribution in [0.2, 0.25) is 5.02 Å². The number of hydrogen-bond acceptors (Lipinski definition) is 3. The van der Waals surface area contributed by atoms with Crippen LogP contribution in [0.4, 0.5) is 0 Å². The van der Waals surface area contributed by atoms with Crippen molar-refractivity contribution in [2.75, 3.05) is 6.54 Å². The van der Waals surface area contributed by atoms with E-state index in [0.717, 1.165) is 5.56 Å². The van der Waals surface area contributed by atoms with Crippen LogP contribution in [0.3, 0.4) is 0 Å². The molecule has 0 spiro atoms. The van der Waals surface area contributed by atoms with Crippen molar-refractivity contribution in [2.24, 2.45) is 5.73 Å². The lowest BCUT2D eigenvalue weighted by molar-refractivity contribution is 0.571. The third kappa shape index (κ3) is 4.04. The van der Waals surface area contributed by atoms with Gasteiger partial charge in [0.15, 0.2) is 0 Å². The molecule has 6 heteroatoms. The molecule has 0 saturated carbocycles. The lowest BCUT2D eigenvalue weighted by Crippen LogP contribution is -2.32. The second-order valence-corrected chi connectivity index (χ2v) is 6.95. The monoisotopic (exact) mass is 324 g/mol. The molecule has 1 unspecified atom stereocenters. The van der Waals surface area contributed by atoms with E-state index in [9.17, 15) is 8.42 Å². The second kappa shape index (κ2) is 6.58. The minimum absolute atomic E-state index is 0.133. The van der Waals surface area contributed by atoms with Gasteiger partial charge in [-0.1, -0.05) is 41.9 Å². The molecule has 1 atom stereocenters. The number of nitrogens with one attached hydrogen (secondary N) is 1. The SMILES string of the molecule is Cc1cc(Cl)ccc1S(=O)(=O)NCC(N)c1ccccc1. The average molecular weight is 325 g/mol. The van der Waals surface area contributed by atoms with Crippen molar-refractivity contribution < 1.29 is 8.42 Å². The van der Waals surface area contributed by atoms with Crippen LogP contribution >= 0.6 is 11.6 Å². The van der Waals surface area contributed by atoms with Gasteiger partial charge in [-0.25, -0.2) is 13.1 Å². The van der Waals surface area contributed by atoms with Crippen molar-refractivity contribution in [3.8, 4) is 0 Å². The Kier molecular flexibility index (Phi) is 5.00. The smallest absolute Gasteiger partial charge is 0.240 e. The maximum atomic E-state index is 12.3. The van der Waals surface area contributed by atoms with Gasteiger partial charge in [0.05, 0.1) is 4.90 Å². The molecule has 21 heavy (non-hydrogen) atoms. The van der Waals surface area contributed by atoms with Crippen LogP contribution in [0, 0.1) is 6.92 Å². The van der Waals surface area contributed by atoms with Crippen molar-refractivity contribution in [2.45, 2.75) is 17.9 Å². The highest BCUT2D eigenvalue weighted by Gasteiger charge is 2.18. The molecule has 112 valence electrons. The summed E-state index contributed by atoms with van der Waals surface area (Å²) in [6.07, 6.45) is 0. The number of aryl methyl sites for hydroxylation is 1. The van der Waals surface area contributed by atoms with Crippen LogP contribution < -0.4 is 10.5 Å². The highest BCUT2D eigenvalue weighted by Crippen LogP contribution is 2.19. The molecule has 2 aromatic rings. The number of benzene rings is 2. The molecule has 4 nitrogen and oxygen atoms in total. The van der Waals surface area contributed by atoms with E-state index in [1.165, 1.54) is 6.07 Å². The fourth-order valence-corrected chi connectivity index (χ4v) is 3.52. The van der Waals surface area contributed by atoms with E-state index in [1.807, 2.05) is 30.3 Å². The fraction of sp³-hybridized carbons (Fsp3) is 0.200. The van der Waals surface area contributed by atoms with Crippen LogP contribution in [-0.4, -0.2) is 15.0 Å². The van der Waals surface area contributed by atoms with Crippen molar-refractivity contribution in [1.82, 2.24) is 4.72 Å². The quantitative estimate of drug-likeness (QED) is 0.888. The molecule has 0 radical (unpaired) electrons. The first-order valence-electron chi connectivity index (χ1n) is 6.46. The van der Waals surface area contributed by atoms with E-state index in [4.69, 9.17) is 17.3 Å². The van der Waals surface area contributed by atoms with Gasteiger partial charge in [-0.2, -0.15) is 0 Å². The summed E-state index contributed by atoms with van der Waals surface area (Å²) >= 11 is 5.84. The zero-order valence-corrected chi connectivity index (χ0v) is 13.2. The Labute approximate surface area is 130 Å². The van der Waals surface area contributed by atoms with E-state index in [-0.39, 0.29) is 11.4 Å². The van der Waals surface area contributed by atoms with E-state index < -0.39 is 16.1 Å². The minimum Gasteiger partial charge on any atom is -0.323 e. The van der Waals surface area contributed by atoms with E-state index in [0.29, 0.717) is 10.6 Å². The van der Waals surface area contributed by atoms with Crippen molar-refractivity contribution in [1.29, 1.82) is 0 Å². The molecular formula is C15H17ClN2O2S. The lowest BCUT2D eigenvalue weighted by atomic mass is 10.1. The minimum atomic E-state index is -3.60. The van der Waals surface area contributed by atoms with E-state index in [2.05, 4.69) is 4.72 Å². The first-order valence-corrected chi connectivity index (χ1v) is 8.32. The maximum Gasteiger partial charge on any atom is 0.240 e. The van der Waals surface area contributed by atoms with Gasteiger partial charge < -0.3 is 5.73 Å². The number of sulfonamides is 1. The Morgan fingerprint density at radius 2 is 1.86 bits per heavy atom. The second-order valence-electron chi connectivity index (χ2n) is 4.78. The van der Waals surface area contributed by atoms with Crippen LogP contribution in [0.1, 0.15) is 17.2 Å². The zero-order chi connectivity index (χ0) is 15.5. The Balaban J connectivity index is 2.11. The molecule has 3 N–H and O–H groups in total. The molecule has 0 amide bonds. The maximum absolute atomic E-state index is 12.3. The molecule has 0 bridgehead atoms. The number of halogens is 1. The average Bonchev–Trinajstić information content (AvgIpc) is 2.45. The molecule has 2 rings (SSSR count). The van der Waals surface area contributed by atoms with Crippen LogP contribution in [0.15, 0.2) is 53.4 Å². The summed E-state index contributed by atoms with van der Waals surface area (Å²) in [5.41, 5.74) is 7.48. The normalized spacial score (nSPS) is 13.1. The predicted octanol–water partition coefficient (Wildman–Crippen LogP) is 2.63. The van der Waals surface area contributed by atoms with Gasteiger partial charge in [-0.15, -0.1) is 0 Å². The molecule has 0 saturated heterocycles. The topological polar surface area (TPSA) is 72.2 Å². The fourth-order valence-electron chi connectivity index (χ4n) is 2.01. The lowest BCUT2D eigenvalue weighted by Gasteiger charge is -2.14. The zero-order valence-electron chi connectivity index (χ0n) is 11.6. The third-order valence-electron chi connectivity index (χ3n) is 3.15. The number of nitrogens with two attached hydrogens (primary N) is 1. The first kappa shape index (κ1) is 16.0. The molecular weight excluding hydrogens is 308 g/mol. The van der Waals surface area contributed by atoms with Gasteiger partial charge in [0.25, 0.3) is 0 Å². The standard InChI is InChI=1S/C15H17ClN2O2S/c1-11-9-13(16)7-8-15(11)21(19,20)18-10-14(17)12-5-3-2-4-6-12/h2-9,14,18H,10,17H2,1H3. The summed E-state index contributed by atoms with van der Waals surface area (Å²) < 4.78 is 27.1. The Morgan fingerprint density at radius 1 is 1.19 bits per heavy atom. The number of rotatable bonds is 5. The van der Waals surface area contributed by atoms with Crippen molar-refractivity contribution in [3.63, 3.8) is 0 Å². The Bertz CT molecular complexity index is 718. The predicted molar refractivity (Wildman–Crippen MR) is 84.7 cm³/mol. The molecule has 0 heterocycles. The highest BCUT2D eigenvalue weighted by atomic mass is 35.5. The van der Waals surface area contributed by atoms with Gasteiger partial charge in [0, 0.05) is 17.6 Å². The number of hydrogen-bond donors (Lipinski definition) is 2. The summed E-state index contributed by atoms with van der Waals surface area (Å²) in [7, 11) is -3.60. The summed E-state index contributed by atoms with van der Waals surface area (Å²) in [6.45, 7) is 1.84. The molecule has 0 aliphatic heterocycles. The molecule has 0 aromatic heterocycles. The summed E-state index contributed by atoms with van der Waals surface area (Å²) in [5.74, 6) is 0. The van der Waals surface area contributed by atoms with Crippen molar-refractivity contribution in [3.05, 3.63) is 64.7 Å². The van der Waals surface area contributed by atoms with Gasteiger partial charge in [0.2, 0.25) is 10.0 Å². The van der Waals surface area contributed by atoms with Crippen LogP contribution in [0.25, 0.3) is 0 Å².